The molecular formula is C14H22O2. The van der Waals surface area contributed by atoms with Gasteiger partial charge in [-0.3, -0.25) is 0 Å². The van der Waals surface area contributed by atoms with Crippen LogP contribution in [0.2, 0.25) is 0 Å². The van der Waals surface area contributed by atoms with Gasteiger partial charge in [0.15, 0.2) is 0 Å². The monoisotopic (exact) mass is 222 g/mol. The highest BCUT2D eigenvalue weighted by molar-refractivity contribution is 5.56. The maximum Gasteiger partial charge on any atom is 0.123 e. The molecular weight excluding hydrogens is 200 g/mol. The minimum absolute atomic E-state index is 0.306. The highest BCUT2D eigenvalue weighted by Crippen LogP contribution is 2.42. The summed E-state index contributed by atoms with van der Waals surface area (Å²) in [6, 6.07) is 0. The third-order valence-corrected chi connectivity index (χ3v) is 4.19. The van der Waals surface area contributed by atoms with Crippen LogP contribution in [0, 0.1) is 17.8 Å². The Bertz CT molecular complexity index is 272. The van der Waals surface area contributed by atoms with Gasteiger partial charge in [-0.1, -0.05) is 25.0 Å². The zero-order valence-corrected chi connectivity index (χ0v) is 10.1. The first-order valence-corrected chi connectivity index (χ1v) is 6.47. The fourth-order valence-electron chi connectivity index (χ4n) is 3.12. The third-order valence-electron chi connectivity index (χ3n) is 4.19. The van der Waals surface area contributed by atoms with Gasteiger partial charge in [-0.05, 0) is 44.4 Å². The van der Waals surface area contributed by atoms with Crippen molar-refractivity contribution >= 4 is 6.29 Å². The van der Waals surface area contributed by atoms with Gasteiger partial charge >= 0.3 is 0 Å². The zero-order valence-electron chi connectivity index (χ0n) is 10.1. The molecule has 0 aliphatic heterocycles. The molecule has 0 aromatic heterocycles. The fourth-order valence-corrected chi connectivity index (χ4v) is 3.12. The molecule has 2 nitrogen and oxygen atoms in total. The molecule has 3 atom stereocenters. The summed E-state index contributed by atoms with van der Waals surface area (Å²) in [6.45, 7) is 1.92. The van der Waals surface area contributed by atoms with Gasteiger partial charge in [0, 0.05) is 5.92 Å². The minimum atomic E-state index is -0.306. The minimum Gasteiger partial charge on any atom is -0.390 e. The zero-order chi connectivity index (χ0) is 11.6. The molecule has 2 fully saturated rings. The molecule has 3 aliphatic carbocycles. The van der Waals surface area contributed by atoms with Gasteiger partial charge < -0.3 is 9.90 Å². The van der Waals surface area contributed by atoms with Crippen LogP contribution < -0.4 is 0 Å². The van der Waals surface area contributed by atoms with Crippen molar-refractivity contribution in [2.45, 2.75) is 51.0 Å². The molecule has 2 bridgehead atoms. The van der Waals surface area contributed by atoms with E-state index in [1.807, 2.05) is 6.92 Å². The average molecular weight is 222 g/mol. The van der Waals surface area contributed by atoms with E-state index in [0.717, 1.165) is 31.5 Å². The number of hydrogen-bond acceptors (Lipinski definition) is 2. The molecule has 0 saturated heterocycles. The number of aliphatic hydroxyl groups is 1. The van der Waals surface area contributed by atoms with Crippen LogP contribution in [0.4, 0.5) is 0 Å². The lowest BCUT2D eigenvalue weighted by molar-refractivity contribution is -0.111. The second kappa shape index (κ2) is 4.70. The van der Waals surface area contributed by atoms with E-state index in [2.05, 4.69) is 12.2 Å². The number of carbonyl (C=O) groups excluding carboxylic acids is 1. The molecule has 0 heterocycles. The van der Waals surface area contributed by atoms with Crippen molar-refractivity contribution in [1.29, 1.82) is 0 Å². The van der Waals surface area contributed by atoms with Crippen molar-refractivity contribution in [2.75, 3.05) is 0 Å². The molecule has 0 spiro atoms. The van der Waals surface area contributed by atoms with E-state index >= 15 is 0 Å². The Balaban J connectivity index is 0.000000125. The lowest BCUT2D eigenvalue weighted by Gasteiger charge is -2.12. The largest absolute Gasteiger partial charge is 0.390 e. The number of aldehydes is 1. The van der Waals surface area contributed by atoms with E-state index in [9.17, 15) is 9.90 Å². The fraction of sp³-hybridized carbons (Fsp3) is 0.786. The Labute approximate surface area is 97.7 Å². The van der Waals surface area contributed by atoms with Gasteiger partial charge in [-0.2, -0.15) is 0 Å². The Kier molecular flexibility index (Phi) is 3.48. The van der Waals surface area contributed by atoms with E-state index in [1.54, 1.807) is 0 Å². The average Bonchev–Trinajstić information content (AvgIpc) is 2.93. The van der Waals surface area contributed by atoms with Crippen LogP contribution in [0.15, 0.2) is 12.2 Å². The van der Waals surface area contributed by atoms with Crippen molar-refractivity contribution in [2.24, 2.45) is 17.8 Å². The highest BCUT2D eigenvalue weighted by Gasteiger charge is 2.34. The Hall–Kier alpha value is -0.630. The van der Waals surface area contributed by atoms with Crippen LogP contribution in [0.3, 0.4) is 0 Å². The van der Waals surface area contributed by atoms with Gasteiger partial charge in [0.2, 0.25) is 0 Å². The highest BCUT2D eigenvalue weighted by atomic mass is 16.3. The predicted molar refractivity (Wildman–Crippen MR) is 64.0 cm³/mol. The van der Waals surface area contributed by atoms with Crippen molar-refractivity contribution in [3.05, 3.63) is 12.2 Å². The molecule has 3 rings (SSSR count). The van der Waals surface area contributed by atoms with E-state index in [-0.39, 0.29) is 5.60 Å². The molecule has 90 valence electrons. The van der Waals surface area contributed by atoms with Crippen LogP contribution in [-0.4, -0.2) is 17.0 Å². The molecule has 1 N–H and O–H groups in total. The lowest BCUT2D eigenvalue weighted by atomic mass is 9.95. The predicted octanol–water partition coefficient (Wildman–Crippen LogP) is 2.71. The Morgan fingerprint density at radius 1 is 1.25 bits per heavy atom. The summed E-state index contributed by atoms with van der Waals surface area (Å²) in [5.41, 5.74) is -0.306. The van der Waals surface area contributed by atoms with E-state index in [4.69, 9.17) is 0 Å². The van der Waals surface area contributed by atoms with Gasteiger partial charge in [0.05, 0.1) is 5.60 Å². The second-order valence-electron chi connectivity index (χ2n) is 5.78. The molecule has 16 heavy (non-hydrogen) atoms. The Morgan fingerprint density at radius 3 is 2.19 bits per heavy atom. The van der Waals surface area contributed by atoms with Crippen molar-refractivity contribution in [3.8, 4) is 0 Å². The summed E-state index contributed by atoms with van der Waals surface area (Å²) >= 11 is 0. The normalized spacial score (nSPS) is 38.2. The van der Waals surface area contributed by atoms with Crippen LogP contribution >= 0.6 is 0 Å². The molecule has 2 saturated carbocycles. The topological polar surface area (TPSA) is 37.3 Å². The van der Waals surface area contributed by atoms with Crippen molar-refractivity contribution < 1.29 is 9.90 Å². The number of hydrogen-bond donors (Lipinski definition) is 1. The van der Waals surface area contributed by atoms with Gasteiger partial charge in [-0.15, -0.1) is 0 Å². The lowest BCUT2D eigenvalue weighted by Crippen LogP contribution is -2.17. The first kappa shape index (κ1) is 11.8. The maximum atomic E-state index is 10.4. The summed E-state index contributed by atoms with van der Waals surface area (Å²) in [5.74, 6) is 1.71. The maximum absolute atomic E-state index is 10.4. The standard InChI is InChI=1S/C8H10O.C6H12O/c9-5-8-4-6-1-2-7(8)3-6;1-6(7)4-2-3-5-6/h1-2,5-8H,3-4H2;7H,2-5H2,1H3. The second-order valence-corrected chi connectivity index (χ2v) is 5.78. The summed E-state index contributed by atoms with van der Waals surface area (Å²) < 4.78 is 0. The molecule has 0 aromatic carbocycles. The van der Waals surface area contributed by atoms with Crippen LogP contribution in [-0.2, 0) is 4.79 Å². The first-order valence-electron chi connectivity index (χ1n) is 6.47. The summed E-state index contributed by atoms with van der Waals surface area (Å²) in [6.07, 6.45) is 12.4. The summed E-state index contributed by atoms with van der Waals surface area (Å²) in [4.78, 5) is 10.4. The molecule has 0 amide bonds. The van der Waals surface area contributed by atoms with Gasteiger partial charge in [0.25, 0.3) is 0 Å². The number of rotatable bonds is 1. The molecule has 3 unspecified atom stereocenters. The number of fused-ring (bicyclic) bond motifs is 2. The quantitative estimate of drug-likeness (QED) is 0.547. The van der Waals surface area contributed by atoms with E-state index < -0.39 is 0 Å². The van der Waals surface area contributed by atoms with Gasteiger partial charge in [-0.25, -0.2) is 0 Å². The van der Waals surface area contributed by atoms with Crippen LogP contribution in [0.1, 0.15) is 45.4 Å². The molecule has 0 radical (unpaired) electrons. The first-order chi connectivity index (χ1) is 7.61. The summed E-state index contributed by atoms with van der Waals surface area (Å²) in [5, 5.41) is 9.19. The van der Waals surface area contributed by atoms with E-state index in [0.29, 0.717) is 11.8 Å². The van der Waals surface area contributed by atoms with Crippen molar-refractivity contribution in [3.63, 3.8) is 0 Å². The SMILES string of the molecule is CC1(O)CCCC1.O=CC1CC2C=CC1C2. The molecule has 0 aromatic rings. The molecule has 3 aliphatic rings. The Morgan fingerprint density at radius 2 is 1.94 bits per heavy atom. The van der Waals surface area contributed by atoms with Gasteiger partial charge in [0.1, 0.15) is 6.29 Å². The number of carbonyl (C=O) groups is 1. The number of allylic oxidation sites excluding steroid dienone is 2. The summed E-state index contributed by atoms with van der Waals surface area (Å²) in [7, 11) is 0. The van der Waals surface area contributed by atoms with Crippen molar-refractivity contribution in [1.82, 2.24) is 0 Å². The third kappa shape index (κ3) is 2.73. The smallest absolute Gasteiger partial charge is 0.123 e. The van der Waals surface area contributed by atoms with Crippen LogP contribution in [0.25, 0.3) is 0 Å². The molecule has 2 heteroatoms. The van der Waals surface area contributed by atoms with E-state index in [1.165, 1.54) is 19.3 Å². The van der Waals surface area contributed by atoms with Crippen LogP contribution in [0.5, 0.6) is 0 Å².